The third kappa shape index (κ3) is 6.74. The zero-order valence-corrected chi connectivity index (χ0v) is 18.0. The molecule has 11 heteroatoms. The van der Waals surface area contributed by atoms with Gasteiger partial charge >= 0.3 is 12.3 Å². The van der Waals surface area contributed by atoms with E-state index in [9.17, 15) is 22.5 Å². The number of hydrogen-bond acceptors (Lipinski definition) is 6. The second-order valence-corrected chi connectivity index (χ2v) is 12.1. The van der Waals surface area contributed by atoms with E-state index in [-0.39, 0.29) is 5.90 Å². The molecule has 1 amide bonds. The van der Waals surface area contributed by atoms with Crippen LogP contribution in [0.2, 0.25) is 0 Å². The van der Waals surface area contributed by atoms with E-state index in [4.69, 9.17) is 9.57 Å². The van der Waals surface area contributed by atoms with E-state index in [2.05, 4.69) is 5.16 Å². The van der Waals surface area contributed by atoms with E-state index in [1.807, 2.05) is 0 Å². The highest BCUT2D eigenvalue weighted by molar-refractivity contribution is 8.58. The van der Waals surface area contributed by atoms with Crippen LogP contribution in [0.3, 0.4) is 0 Å². The van der Waals surface area contributed by atoms with Crippen molar-refractivity contribution in [1.29, 1.82) is 0 Å². The van der Waals surface area contributed by atoms with Gasteiger partial charge in [-0.2, -0.15) is 13.2 Å². The van der Waals surface area contributed by atoms with Crippen LogP contribution in [0.15, 0.2) is 29.4 Å². The molecule has 0 radical (unpaired) electrons. The first kappa shape index (κ1) is 24.4. The molecule has 1 aromatic carbocycles. The van der Waals surface area contributed by atoms with Gasteiger partial charge in [-0.05, 0) is 17.7 Å². The molecule has 0 spiro atoms. The second kappa shape index (κ2) is 10.2. The molecule has 1 aromatic rings. The highest BCUT2D eigenvalue weighted by Gasteiger charge is 2.34. The molecular weight excluding hydrogens is 416 g/mol. The van der Waals surface area contributed by atoms with Gasteiger partial charge in [0.05, 0.1) is 5.56 Å². The summed E-state index contributed by atoms with van der Waals surface area (Å²) in [6.45, 7) is 3.53. The Labute approximate surface area is 166 Å². The van der Waals surface area contributed by atoms with Crippen LogP contribution in [0.4, 0.5) is 18.0 Å². The number of rotatable bonds is 7. The Morgan fingerprint density at radius 1 is 1.21 bits per heavy atom. The van der Waals surface area contributed by atoms with Crippen LogP contribution in [0.1, 0.15) is 30.2 Å². The Kier molecular flexibility index (Phi) is 8.88. The summed E-state index contributed by atoms with van der Waals surface area (Å²) >= 11 is 1.03. The number of carbonyl (C=O) groups excluding carboxylic acids is 1. The molecule has 0 heterocycles. The van der Waals surface area contributed by atoms with Crippen molar-refractivity contribution >= 4 is 29.7 Å². The summed E-state index contributed by atoms with van der Waals surface area (Å²) < 4.78 is 56.9. The largest absolute Gasteiger partial charge is 0.416 e. The summed E-state index contributed by atoms with van der Waals surface area (Å²) in [5.74, 6) is -0.187. The van der Waals surface area contributed by atoms with E-state index in [1.54, 1.807) is 13.8 Å². The molecular formula is C17H24F3N2O4PS. The van der Waals surface area contributed by atoms with E-state index in [0.717, 1.165) is 23.5 Å². The van der Waals surface area contributed by atoms with Crippen LogP contribution in [0.25, 0.3) is 0 Å². The number of nitrogens with zero attached hydrogens (tertiary/aromatic N) is 2. The fourth-order valence-electron chi connectivity index (χ4n) is 2.05. The highest BCUT2D eigenvalue weighted by Crippen LogP contribution is 2.63. The number of hydrogen-bond donors (Lipinski definition) is 0. The molecule has 0 saturated carbocycles. The fraction of sp³-hybridized carbons (Fsp3) is 0.529. The lowest BCUT2D eigenvalue weighted by Gasteiger charge is -2.24. The third-order valence-electron chi connectivity index (χ3n) is 3.76. The van der Waals surface area contributed by atoms with Gasteiger partial charge in [-0.15, -0.1) is 0 Å². The molecule has 1 rings (SSSR count). The molecule has 1 unspecified atom stereocenters. The maximum absolute atomic E-state index is 13.0. The van der Waals surface area contributed by atoms with Gasteiger partial charge in [0, 0.05) is 26.4 Å². The van der Waals surface area contributed by atoms with Crippen LogP contribution in [0, 0.1) is 0 Å². The van der Waals surface area contributed by atoms with Crippen molar-refractivity contribution in [2.75, 3.05) is 33.5 Å². The predicted octanol–water partition coefficient (Wildman–Crippen LogP) is 5.46. The van der Waals surface area contributed by atoms with E-state index in [1.165, 1.54) is 38.2 Å². The van der Waals surface area contributed by atoms with Crippen molar-refractivity contribution < 1.29 is 32.1 Å². The molecule has 0 fully saturated rings. The minimum Gasteiger partial charge on any atom is -0.396 e. The Morgan fingerprint density at radius 3 is 2.14 bits per heavy atom. The van der Waals surface area contributed by atoms with E-state index in [0.29, 0.717) is 17.9 Å². The van der Waals surface area contributed by atoms with Gasteiger partial charge in [0.1, 0.15) is 18.7 Å². The van der Waals surface area contributed by atoms with Crippen molar-refractivity contribution in [3.8, 4) is 0 Å². The Balaban J connectivity index is 3.40. The lowest BCUT2D eigenvalue weighted by Crippen LogP contribution is -2.28. The molecule has 0 saturated heterocycles. The van der Waals surface area contributed by atoms with E-state index < -0.39 is 29.4 Å². The number of carbonyl (C=O) groups is 1. The van der Waals surface area contributed by atoms with Crippen LogP contribution < -0.4 is 0 Å². The minimum atomic E-state index is -4.48. The maximum atomic E-state index is 13.0. The molecule has 0 aliphatic carbocycles. The number of ether oxygens (including phenoxy) is 1. The van der Waals surface area contributed by atoms with Gasteiger partial charge in [-0.25, -0.2) is 4.79 Å². The van der Waals surface area contributed by atoms with Crippen molar-refractivity contribution in [3.63, 3.8) is 0 Å². The quantitative estimate of drug-likeness (QED) is 0.244. The predicted molar refractivity (Wildman–Crippen MR) is 105 cm³/mol. The van der Waals surface area contributed by atoms with Crippen LogP contribution in [0.5, 0.6) is 0 Å². The normalized spacial score (nSPS) is 13.8. The molecule has 0 aromatic heterocycles. The zero-order valence-electron chi connectivity index (χ0n) is 16.3. The first-order chi connectivity index (χ1) is 13.0. The fourth-order valence-corrected chi connectivity index (χ4v) is 6.32. The molecule has 0 aliphatic heterocycles. The standard InChI is InChI=1S/C17H24F3N2O4PS/c1-6-27(24,7-2)28-14(15(21-25-5)26-16(23)22(3)4)12-8-10-13(11-9-12)17(18,19)20/h8-11,14H,6-7H2,1-5H3. The maximum Gasteiger partial charge on any atom is 0.416 e. The van der Waals surface area contributed by atoms with Crippen molar-refractivity contribution in [3.05, 3.63) is 35.4 Å². The SMILES string of the molecule is CCP(=O)(CC)SC(C(=NOC)OC(=O)N(C)C)c1ccc(C(F)(F)F)cc1. The molecule has 1 atom stereocenters. The van der Waals surface area contributed by atoms with Gasteiger partial charge in [-0.1, -0.05) is 42.5 Å². The summed E-state index contributed by atoms with van der Waals surface area (Å²) in [4.78, 5) is 17.9. The van der Waals surface area contributed by atoms with Crippen molar-refractivity contribution in [2.24, 2.45) is 5.16 Å². The lowest BCUT2D eigenvalue weighted by molar-refractivity contribution is -0.137. The summed E-state index contributed by atoms with van der Waals surface area (Å²) in [6.07, 6.45) is -7.22. The Morgan fingerprint density at radius 2 is 1.75 bits per heavy atom. The summed E-state index contributed by atoms with van der Waals surface area (Å²) in [7, 11) is 4.18. The molecule has 0 N–H and O–H groups in total. The minimum absolute atomic E-state index is 0.187. The second-order valence-electron chi connectivity index (χ2n) is 5.93. The van der Waals surface area contributed by atoms with Gasteiger partial charge in [0.15, 0.2) is 0 Å². The van der Waals surface area contributed by atoms with Crippen molar-refractivity contribution in [1.82, 2.24) is 4.90 Å². The van der Waals surface area contributed by atoms with Gasteiger partial charge in [0.2, 0.25) is 0 Å². The summed E-state index contributed by atoms with van der Waals surface area (Å²) in [5, 5.41) is 2.85. The topological polar surface area (TPSA) is 68.2 Å². The zero-order chi connectivity index (χ0) is 21.5. The number of alkyl halides is 3. The monoisotopic (exact) mass is 440 g/mol. The summed E-state index contributed by atoms with van der Waals surface area (Å²) in [6, 6.07) is 4.35. The lowest BCUT2D eigenvalue weighted by atomic mass is 10.1. The van der Waals surface area contributed by atoms with Crippen molar-refractivity contribution in [2.45, 2.75) is 25.3 Å². The van der Waals surface area contributed by atoms with Gasteiger partial charge < -0.3 is 19.0 Å². The Bertz CT molecular complexity index is 731. The average molecular weight is 440 g/mol. The summed E-state index contributed by atoms with van der Waals surface area (Å²) in [5.41, 5.74) is -0.452. The molecule has 0 aliphatic rings. The number of amides is 1. The number of oxime groups is 1. The first-order valence-corrected chi connectivity index (χ1v) is 12.0. The number of halogens is 3. The average Bonchev–Trinajstić information content (AvgIpc) is 2.65. The first-order valence-electron chi connectivity index (χ1n) is 8.41. The smallest absolute Gasteiger partial charge is 0.396 e. The highest BCUT2D eigenvalue weighted by atomic mass is 32.7. The third-order valence-corrected chi connectivity index (χ3v) is 10.1. The van der Waals surface area contributed by atoms with Crippen LogP contribution in [-0.2, 0) is 20.3 Å². The molecule has 28 heavy (non-hydrogen) atoms. The van der Waals surface area contributed by atoms with Gasteiger partial charge in [0.25, 0.3) is 5.90 Å². The molecule has 158 valence electrons. The Hall–Kier alpha value is -1.67. The number of benzene rings is 1. The van der Waals surface area contributed by atoms with Crippen LogP contribution in [-0.4, -0.2) is 50.4 Å². The molecule has 0 bridgehead atoms. The molecule has 6 nitrogen and oxygen atoms in total. The van der Waals surface area contributed by atoms with Crippen LogP contribution >= 0.6 is 17.7 Å². The van der Waals surface area contributed by atoms with E-state index >= 15 is 0 Å². The van der Waals surface area contributed by atoms with Gasteiger partial charge in [-0.3, -0.25) is 0 Å².